The molecule has 1 nitrogen and oxygen atoms in total. The molecular formula is C17H33N. The molecule has 0 aliphatic heterocycles. The molecule has 18 heavy (non-hydrogen) atoms. The summed E-state index contributed by atoms with van der Waals surface area (Å²) >= 11 is 0. The maximum Gasteiger partial charge on any atom is 0.0128 e. The largest absolute Gasteiger partial charge is 0.325 e. The Labute approximate surface area is 114 Å². The van der Waals surface area contributed by atoms with Crippen molar-refractivity contribution in [3.8, 4) is 0 Å². The van der Waals surface area contributed by atoms with E-state index in [9.17, 15) is 0 Å². The monoisotopic (exact) mass is 251 g/mol. The smallest absolute Gasteiger partial charge is 0.0128 e. The van der Waals surface area contributed by atoms with Crippen LogP contribution in [0.2, 0.25) is 0 Å². The number of hydrogen-bond acceptors (Lipinski definition) is 1. The number of hydrogen-bond donors (Lipinski definition) is 1. The topological polar surface area (TPSA) is 26.0 Å². The lowest BCUT2D eigenvalue weighted by molar-refractivity contribution is 0.0770. The predicted molar refractivity (Wildman–Crippen MR) is 79.4 cm³/mol. The third-order valence-electron chi connectivity index (χ3n) is 5.14. The van der Waals surface area contributed by atoms with Crippen molar-refractivity contribution < 1.29 is 0 Å². The first-order valence-corrected chi connectivity index (χ1v) is 7.96. The molecule has 0 spiro atoms. The average molecular weight is 251 g/mol. The molecular weight excluding hydrogens is 218 g/mol. The van der Waals surface area contributed by atoms with Gasteiger partial charge in [-0.3, -0.25) is 0 Å². The first-order chi connectivity index (χ1) is 8.17. The zero-order valence-electron chi connectivity index (χ0n) is 13.1. The van der Waals surface area contributed by atoms with E-state index in [-0.39, 0.29) is 5.54 Å². The van der Waals surface area contributed by atoms with Crippen LogP contribution >= 0.6 is 0 Å². The van der Waals surface area contributed by atoms with Gasteiger partial charge in [0.2, 0.25) is 0 Å². The van der Waals surface area contributed by atoms with E-state index in [2.05, 4.69) is 34.6 Å². The second-order valence-electron chi connectivity index (χ2n) is 8.86. The summed E-state index contributed by atoms with van der Waals surface area (Å²) in [6.07, 6.45) is 8.62. The Balaban J connectivity index is 2.05. The van der Waals surface area contributed by atoms with E-state index in [0.29, 0.717) is 5.41 Å². The van der Waals surface area contributed by atoms with Crippen molar-refractivity contribution in [1.29, 1.82) is 0 Å². The molecule has 2 saturated carbocycles. The summed E-state index contributed by atoms with van der Waals surface area (Å²) in [5, 5.41) is 0. The fourth-order valence-corrected chi connectivity index (χ4v) is 4.29. The van der Waals surface area contributed by atoms with Gasteiger partial charge in [0.05, 0.1) is 0 Å². The molecule has 0 heterocycles. The first-order valence-electron chi connectivity index (χ1n) is 7.96. The van der Waals surface area contributed by atoms with Gasteiger partial charge in [-0.1, -0.05) is 20.8 Å². The lowest BCUT2D eigenvalue weighted by Gasteiger charge is -2.45. The van der Waals surface area contributed by atoms with Gasteiger partial charge in [0.15, 0.2) is 0 Å². The lowest BCUT2D eigenvalue weighted by atomic mass is 9.62. The maximum absolute atomic E-state index is 6.46. The summed E-state index contributed by atoms with van der Waals surface area (Å²) in [4.78, 5) is 0. The summed E-state index contributed by atoms with van der Waals surface area (Å²) < 4.78 is 0. The summed E-state index contributed by atoms with van der Waals surface area (Å²) in [6, 6.07) is 0. The van der Waals surface area contributed by atoms with Crippen LogP contribution < -0.4 is 5.73 Å². The van der Waals surface area contributed by atoms with Crippen molar-refractivity contribution in [3.63, 3.8) is 0 Å². The normalized spacial score (nSPS) is 34.7. The molecule has 0 radical (unpaired) electrons. The van der Waals surface area contributed by atoms with Gasteiger partial charge in [-0.2, -0.15) is 0 Å². The molecule has 0 saturated heterocycles. The standard InChI is InChI=1S/C17H33N/c1-16(2,3)11-14-10-13(12-6-7-12)8-9-15(14)17(4,5)18/h12-15H,6-11,18H2,1-5H3. The first kappa shape index (κ1) is 14.4. The van der Waals surface area contributed by atoms with Gasteiger partial charge in [0, 0.05) is 5.54 Å². The molecule has 2 rings (SSSR count). The molecule has 2 aliphatic carbocycles. The van der Waals surface area contributed by atoms with Crippen molar-refractivity contribution in [2.75, 3.05) is 0 Å². The Morgan fingerprint density at radius 1 is 0.889 bits per heavy atom. The molecule has 2 aliphatic rings. The molecule has 106 valence electrons. The minimum Gasteiger partial charge on any atom is -0.325 e. The van der Waals surface area contributed by atoms with Crippen molar-refractivity contribution in [2.24, 2.45) is 34.8 Å². The lowest BCUT2D eigenvalue weighted by Crippen LogP contribution is -2.47. The van der Waals surface area contributed by atoms with E-state index in [4.69, 9.17) is 5.73 Å². The van der Waals surface area contributed by atoms with Gasteiger partial charge in [-0.15, -0.1) is 0 Å². The van der Waals surface area contributed by atoms with E-state index in [1.807, 2.05) is 0 Å². The molecule has 0 aromatic rings. The Bertz CT molecular complexity index is 277. The Kier molecular flexibility index (Phi) is 3.84. The maximum atomic E-state index is 6.46. The third-order valence-corrected chi connectivity index (χ3v) is 5.14. The molecule has 0 amide bonds. The molecule has 3 unspecified atom stereocenters. The summed E-state index contributed by atoms with van der Waals surface area (Å²) in [6.45, 7) is 11.6. The minimum atomic E-state index is 0.00440. The van der Waals surface area contributed by atoms with Gasteiger partial charge >= 0.3 is 0 Å². The highest BCUT2D eigenvalue weighted by Crippen LogP contribution is 2.51. The van der Waals surface area contributed by atoms with Crippen LogP contribution in [-0.4, -0.2) is 5.54 Å². The summed E-state index contributed by atoms with van der Waals surface area (Å²) in [5.74, 6) is 3.68. The molecule has 2 fully saturated rings. The molecule has 0 aromatic heterocycles. The Morgan fingerprint density at radius 3 is 1.89 bits per heavy atom. The van der Waals surface area contributed by atoms with Crippen molar-refractivity contribution in [2.45, 2.75) is 78.7 Å². The third kappa shape index (κ3) is 3.73. The van der Waals surface area contributed by atoms with Crippen LogP contribution in [0.5, 0.6) is 0 Å². The van der Waals surface area contributed by atoms with Gasteiger partial charge in [0.1, 0.15) is 0 Å². The Hall–Kier alpha value is -0.0400. The predicted octanol–water partition coefficient (Wildman–Crippen LogP) is 4.60. The van der Waals surface area contributed by atoms with Gasteiger partial charge in [-0.05, 0) is 81.5 Å². The van der Waals surface area contributed by atoms with Crippen molar-refractivity contribution in [1.82, 2.24) is 0 Å². The minimum absolute atomic E-state index is 0.00440. The van der Waals surface area contributed by atoms with Crippen LogP contribution in [0.15, 0.2) is 0 Å². The molecule has 0 bridgehead atoms. The Morgan fingerprint density at radius 2 is 1.44 bits per heavy atom. The van der Waals surface area contributed by atoms with Crippen LogP contribution in [0.3, 0.4) is 0 Å². The van der Waals surface area contributed by atoms with Crippen LogP contribution in [0.25, 0.3) is 0 Å². The van der Waals surface area contributed by atoms with E-state index in [1.54, 1.807) is 0 Å². The fourth-order valence-electron chi connectivity index (χ4n) is 4.29. The van der Waals surface area contributed by atoms with Crippen LogP contribution in [0, 0.1) is 29.1 Å². The average Bonchev–Trinajstić information content (AvgIpc) is 2.95. The van der Waals surface area contributed by atoms with Gasteiger partial charge < -0.3 is 5.73 Å². The van der Waals surface area contributed by atoms with E-state index in [0.717, 1.165) is 23.7 Å². The highest BCUT2D eigenvalue weighted by Gasteiger charge is 2.43. The van der Waals surface area contributed by atoms with Crippen molar-refractivity contribution >= 4 is 0 Å². The highest BCUT2D eigenvalue weighted by molar-refractivity contribution is 4.96. The van der Waals surface area contributed by atoms with Crippen LogP contribution in [-0.2, 0) is 0 Å². The number of nitrogens with two attached hydrogens (primary N) is 1. The molecule has 0 aromatic carbocycles. The highest BCUT2D eigenvalue weighted by atomic mass is 14.7. The van der Waals surface area contributed by atoms with Crippen LogP contribution in [0.4, 0.5) is 0 Å². The molecule has 2 N–H and O–H groups in total. The summed E-state index contributed by atoms with van der Waals surface area (Å²) in [5.41, 5.74) is 6.91. The second-order valence-corrected chi connectivity index (χ2v) is 8.86. The quantitative estimate of drug-likeness (QED) is 0.779. The van der Waals surface area contributed by atoms with Gasteiger partial charge in [-0.25, -0.2) is 0 Å². The van der Waals surface area contributed by atoms with Gasteiger partial charge in [0.25, 0.3) is 0 Å². The van der Waals surface area contributed by atoms with E-state index in [1.165, 1.54) is 38.5 Å². The fraction of sp³-hybridized carbons (Fsp3) is 1.00. The zero-order valence-corrected chi connectivity index (χ0v) is 13.1. The van der Waals surface area contributed by atoms with Crippen LogP contribution in [0.1, 0.15) is 73.1 Å². The number of rotatable bonds is 3. The zero-order chi connectivity index (χ0) is 13.6. The van der Waals surface area contributed by atoms with Crippen molar-refractivity contribution in [3.05, 3.63) is 0 Å². The molecule has 3 atom stereocenters. The van der Waals surface area contributed by atoms with E-state index < -0.39 is 0 Å². The van der Waals surface area contributed by atoms with E-state index >= 15 is 0 Å². The SMILES string of the molecule is CC(C)(C)CC1CC(C2CC2)CCC1C(C)(C)N. The summed E-state index contributed by atoms with van der Waals surface area (Å²) in [7, 11) is 0. The second kappa shape index (κ2) is 4.81. The molecule has 1 heteroatoms.